The van der Waals surface area contributed by atoms with E-state index in [1.54, 1.807) is 25.4 Å². The standard InChI is InChI=1S/C21H24FN3O2S/c1-14-11-18(15(2)25(14)9-4-10-27-3)20(26)13-28-21-23-12-19(24-21)16-5-7-17(22)8-6-16/h5-8,11-12H,4,9-10,13H2,1-3H3,(H,23,24). The Hall–Kier alpha value is -2.38. The third kappa shape index (κ3) is 4.72. The second-order valence-corrected chi connectivity index (χ2v) is 7.57. The number of Topliss-reactive ketones (excluding diaryl/α,β-unsaturated/α-hetero) is 1. The Kier molecular flexibility index (Phi) is 6.70. The molecule has 2 aromatic heterocycles. The average Bonchev–Trinajstić information content (AvgIpc) is 3.26. The first-order valence-electron chi connectivity index (χ1n) is 9.12. The van der Waals surface area contributed by atoms with Gasteiger partial charge in [0.25, 0.3) is 0 Å². The molecule has 1 N–H and O–H groups in total. The molecule has 1 aromatic carbocycles. The van der Waals surface area contributed by atoms with Crippen molar-refractivity contribution in [3.63, 3.8) is 0 Å². The first-order chi connectivity index (χ1) is 13.5. The molecule has 0 amide bonds. The third-order valence-corrected chi connectivity index (χ3v) is 5.54. The zero-order valence-electron chi connectivity index (χ0n) is 16.3. The highest BCUT2D eigenvalue weighted by molar-refractivity contribution is 7.99. The third-order valence-electron chi connectivity index (χ3n) is 4.65. The largest absolute Gasteiger partial charge is 0.385 e. The molecule has 0 aliphatic heterocycles. The van der Waals surface area contributed by atoms with Crippen LogP contribution in [0.4, 0.5) is 4.39 Å². The van der Waals surface area contributed by atoms with E-state index in [0.717, 1.165) is 41.2 Å². The molecule has 28 heavy (non-hydrogen) atoms. The van der Waals surface area contributed by atoms with Gasteiger partial charge in [-0.3, -0.25) is 4.79 Å². The summed E-state index contributed by atoms with van der Waals surface area (Å²) in [6.45, 7) is 5.54. The number of rotatable bonds is 9. The number of H-pyrrole nitrogens is 1. The number of ether oxygens (including phenoxy) is 1. The Bertz CT molecular complexity index is 947. The predicted octanol–water partition coefficient (Wildman–Crippen LogP) is 4.65. The van der Waals surface area contributed by atoms with E-state index < -0.39 is 0 Å². The molecule has 0 aliphatic carbocycles. The molecule has 0 unspecified atom stereocenters. The molecule has 148 valence electrons. The summed E-state index contributed by atoms with van der Waals surface area (Å²) in [4.78, 5) is 20.2. The monoisotopic (exact) mass is 401 g/mol. The quantitative estimate of drug-likeness (QED) is 0.322. The van der Waals surface area contributed by atoms with Crippen LogP contribution in [0.2, 0.25) is 0 Å². The molecule has 0 saturated carbocycles. The second kappa shape index (κ2) is 9.21. The molecule has 7 heteroatoms. The number of halogens is 1. The molecule has 0 spiro atoms. The fourth-order valence-corrected chi connectivity index (χ4v) is 3.89. The van der Waals surface area contributed by atoms with E-state index in [1.165, 1.54) is 23.9 Å². The Morgan fingerprint density at radius 1 is 1.29 bits per heavy atom. The smallest absolute Gasteiger partial charge is 0.175 e. The van der Waals surface area contributed by atoms with Crippen LogP contribution in [0.1, 0.15) is 28.2 Å². The number of benzene rings is 1. The molecule has 0 atom stereocenters. The normalized spacial score (nSPS) is 11.1. The van der Waals surface area contributed by atoms with E-state index in [2.05, 4.69) is 14.5 Å². The van der Waals surface area contributed by atoms with Crippen LogP contribution in [0.15, 0.2) is 41.7 Å². The second-order valence-electron chi connectivity index (χ2n) is 6.60. The maximum atomic E-state index is 13.1. The van der Waals surface area contributed by atoms with E-state index in [9.17, 15) is 9.18 Å². The highest BCUT2D eigenvalue weighted by Gasteiger charge is 2.16. The summed E-state index contributed by atoms with van der Waals surface area (Å²) in [6.07, 6.45) is 2.61. The lowest BCUT2D eigenvalue weighted by molar-refractivity contribution is 0.102. The number of hydrogen-bond acceptors (Lipinski definition) is 4. The number of thioether (sulfide) groups is 1. The van der Waals surface area contributed by atoms with Gasteiger partial charge in [0.2, 0.25) is 0 Å². The van der Waals surface area contributed by atoms with Crippen LogP contribution in [0, 0.1) is 19.7 Å². The number of carbonyl (C=O) groups is 1. The number of aryl methyl sites for hydroxylation is 1. The van der Waals surface area contributed by atoms with Crippen LogP contribution < -0.4 is 0 Å². The van der Waals surface area contributed by atoms with E-state index in [1.807, 2.05) is 19.9 Å². The topological polar surface area (TPSA) is 59.9 Å². The minimum absolute atomic E-state index is 0.0795. The van der Waals surface area contributed by atoms with Crippen molar-refractivity contribution in [3.8, 4) is 11.3 Å². The van der Waals surface area contributed by atoms with Crippen molar-refractivity contribution in [2.75, 3.05) is 19.5 Å². The van der Waals surface area contributed by atoms with Crippen LogP contribution in [0.5, 0.6) is 0 Å². The predicted molar refractivity (Wildman–Crippen MR) is 109 cm³/mol. The van der Waals surface area contributed by atoms with Crippen molar-refractivity contribution in [2.24, 2.45) is 0 Å². The molecule has 5 nitrogen and oxygen atoms in total. The number of aromatic nitrogens is 3. The van der Waals surface area contributed by atoms with Gasteiger partial charge in [0.15, 0.2) is 10.9 Å². The first-order valence-corrected chi connectivity index (χ1v) is 10.1. The number of nitrogens with zero attached hydrogens (tertiary/aromatic N) is 2. The molecule has 2 heterocycles. The fraction of sp³-hybridized carbons (Fsp3) is 0.333. The summed E-state index contributed by atoms with van der Waals surface area (Å²) in [6, 6.07) is 8.17. The van der Waals surface area contributed by atoms with Gasteiger partial charge in [-0.25, -0.2) is 9.37 Å². The van der Waals surface area contributed by atoms with Gasteiger partial charge in [-0.2, -0.15) is 0 Å². The molecule has 0 saturated heterocycles. The highest BCUT2D eigenvalue weighted by atomic mass is 32.2. The molecule has 0 bridgehead atoms. The number of hydrogen-bond donors (Lipinski definition) is 1. The van der Waals surface area contributed by atoms with Crippen LogP contribution in [0.3, 0.4) is 0 Å². The number of aromatic amines is 1. The SMILES string of the molecule is COCCCn1c(C)cc(C(=O)CSc2ncc(-c3ccc(F)cc3)[nH]2)c1C. The van der Waals surface area contributed by atoms with Gasteiger partial charge in [-0.05, 0) is 56.2 Å². The Morgan fingerprint density at radius 3 is 2.75 bits per heavy atom. The van der Waals surface area contributed by atoms with Crippen LogP contribution in [0.25, 0.3) is 11.3 Å². The van der Waals surface area contributed by atoms with Gasteiger partial charge in [0.05, 0.1) is 17.6 Å². The van der Waals surface area contributed by atoms with Crippen molar-refractivity contribution in [1.82, 2.24) is 14.5 Å². The number of carbonyl (C=O) groups excluding carboxylic acids is 1. The molecular weight excluding hydrogens is 377 g/mol. The number of nitrogens with one attached hydrogen (secondary N) is 1. The van der Waals surface area contributed by atoms with E-state index in [-0.39, 0.29) is 11.6 Å². The molecular formula is C21H24FN3O2S. The Labute approximate surface area is 168 Å². The maximum absolute atomic E-state index is 13.1. The van der Waals surface area contributed by atoms with Crippen LogP contribution in [-0.4, -0.2) is 39.8 Å². The van der Waals surface area contributed by atoms with Crippen molar-refractivity contribution in [2.45, 2.75) is 32.0 Å². The van der Waals surface area contributed by atoms with Crippen molar-refractivity contribution >= 4 is 17.5 Å². The summed E-state index contributed by atoms with van der Waals surface area (Å²) in [7, 11) is 1.69. The van der Waals surface area contributed by atoms with Gasteiger partial charge in [-0.15, -0.1) is 0 Å². The zero-order chi connectivity index (χ0) is 20.1. The Morgan fingerprint density at radius 2 is 2.04 bits per heavy atom. The van der Waals surface area contributed by atoms with Crippen molar-refractivity contribution in [3.05, 3.63) is 59.3 Å². The van der Waals surface area contributed by atoms with Gasteiger partial charge in [0.1, 0.15) is 5.82 Å². The lowest BCUT2D eigenvalue weighted by atomic mass is 10.2. The first kappa shape index (κ1) is 20.4. The van der Waals surface area contributed by atoms with Crippen LogP contribution in [-0.2, 0) is 11.3 Å². The molecule has 0 radical (unpaired) electrons. The van der Waals surface area contributed by atoms with E-state index >= 15 is 0 Å². The maximum Gasteiger partial charge on any atom is 0.175 e. The van der Waals surface area contributed by atoms with Gasteiger partial charge in [-0.1, -0.05) is 11.8 Å². The molecule has 0 fully saturated rings. The lowest BCUT2D eigenvalue weighted by Gasteiger charge is -2.09. The minimum Gasteiger partial charge on any atom is -0.385 e. The van der Waals surface area contributed by atoms with Gasteiger partial charge < -0.3 is 14.3 Å². The summed E-state index contributed by atoms with van der Waals surface area (Å²) in [5.74, 6) is 0.109. The molecule has 3 rings (SSSR count). The highest BCUT2D eigenvalue weighted by Crippen LogP contribution is 2.24. The lowest BCUT2D eigenvalue weighted by Crippen LogP contribution is -2.08. The number of ketones is 1. The summed E-state index contributed by atoms with van der Waals surface area (Å²) in [5, 5.41) is 0.668. The van der Waals surface area contributed by atoms with Gasteiger partial charge >= 0.3 is 0 Å². The number of imidazole rings is 1. The van der Waals surface area contributed by atoms with Crippen LogP contribution >= 0.6 is 11.8 Å². The van der Waals surface area contributed by atoms with Crippen molar-refractivity contribution in [1.29, 1.82) is 0 Å². The van der Waals surface area contributed by atoms with Crippen molar-refractivity contribution < 1.29 is 13.9 Å². The minimum atomic E-state index is -0.275. The average molecular weight is 402 g/mol. The summed E-state index contributed by atoms with van der Waals surface area (Å²) >= 11 is 1.37. The zero-order valence-corrected chi connectivity index (χ0v) is 17.1. The molecule has 0 aliphatic rings. The molecule has 3 aromatic rings. The van der Waals surface area contributed by atoms with E-state index in [0.29, 0.717) is 17.5 Å². The summed E-state index contributed by atoms with van der Waals surface area (Å²) < 4.78 is 20.3. The summed E-state index contributed by atoms with van der Waals surface area (Å²) in [5.41, 5.74) is 4.48. The number of methoxy groups -OCH3 is 1. The fourth-order valence-electron chi connectivity index (χ4n) is 3.16. The Balaban J connectivity index is 1.63. The van der Waals surface area contributed by atoms with E-state index in [4.69, 9.17) is 4.74 Å². The van der Waals surface area contributed by atoms with Gasteiger partial charge in [0, 0.05) is 37.2 Å².